The first-order valence-electron chi connectivity index (χ1n) is 14.0. The van der Waals surface area contributed by atoms with E-state index in [-0.39, 0.29) is 11.5 Å². The van der Waals surface area contributed by atoms with E-state index in [2.05, 4.69) is 42.0 Å². The van der Waals surface area contributed by atoms with Crippen molar-refractivity contribution in [3.63, 3.8) is 0 Å². The summed E-state index contributed by atoms with van der Waals surface area (Å²) in [4.78, 5) is 37.6. The average Bonchev–Trinajstić information content (AvgIpc) is 3.52. The predicted molar refractivity (Wildman–Crippen MR) is 150 cm³/mol. The molecule has 1 aliphatic heterocycles. The van der Waals surface area contributed by atoms with Gasteiger partial charge in [0.1, 0.15) is 5.65 Å². The van der Waals surface area contributed by atoms with E-state index in [0.717, 1.165) is 67.9 Å². The molecule has 1 saturated heterocycles. The zero-order valence-electron chi connectivity index (χ0n) is 23.0. The first kappa shape index (κ1) is 27.1. The number of carbonyl (C=O) groups excluding carboxylic acids is 1. The van der Waals surface area contributed by atoms with Crippen LogP contribution in [0.5, 0.6) is 0 Å². The molecule has 7 nitrogen and oxygen atoms in total. The molecule has 1 amide bonds. The SMILES string of the molecule is CC(C)CCN(CCC(C)C)C(=O)c1ccc2nc(-c3ccc(=O)[nH]c3)c(CCCN3CCCC3)n2c1. The van der Waals surface area contributed by atoms with Crippen LogP contribution in [0.25, 0.3) is 16.9 Å². The Labute approximate surface area is 220 Å². The van der Waals surface area contributed by atoms with E-state index >= 15 is 0 Å². The first-order valence-corrected chi connectivity index (χ1v) is 14.0. The lowest BCUT2D eigenvalue weighted by molar-refractivity contribution is 0.0740. The number of fused-ring (bicyclic) bond motifs is 1. The van der Waals surface area contributed by atoms with Gasteiger partial charge in [-0.15, -0.1) is 0 Å². The van der Waals surface area contributed by atoms with Crippen LogP contribution in [0.15, 0.2) is 41.5 Å². The van der Waals surface area contributed by atoms with Crippen LogP contribution in [-0.4, -0.2) is 62.8 Å². The molecule has 0 unspecified atom stereocenters. The second-order valence-corrected chi connectivity index (χ2v) is 11.3. The molecule has 200 valence electrons. The monoisotopic (exact) mass is 505 g/mol. The van der Waals surface area contributed by atoms with E-state index in [0.29, 0.717) is 17.4 Å². The zero-order valence-corrected chi connectivity index (χ0v) is 23.0. The van der Waals surface area contributed by atoms with Gasteiger partial charge in [-0.2, -0.15) is 0 Å². The van der Waals surface area contributed by atoms with E-state index in [1.54, 1.807) is 12.3 Å². The Morgan fingerprint density at radius 3 is 2.35 bits per heavy atom. The molecule has 1 aliphatic rings. The molecule has 0 bridgehead atoms. The molecule has 0 atom stereocenters. The van der Waals surface area contributed by atoms with Crippen LogP contribution in [0.4, 0.5) is 0 Å². The summed E-state index contributed by atoms with van der Waals surface area (Å²) in [6.07, 6.45) is 10.2. The van der Waals surface area contributed by atoms with Gasteiger partial charge in [0.25, 0.3) is 5.91 Å². The molecular formula is C30H43N5O2. The third-order valence-corrected chi connectivity index (χ3v) is 7.35. The highest BCUT2D eigenvalue weighted by atomic mass is 16.2. The number of amides is 1. The molecule has 3 aromatic rings. The largest absolute Gasteiger partial charge is 0.339 e. The van der Waals surface area contributed by atoms with Gasteiger partial charge in [-0.1, -0.05) is 27.7 Å². The molecule has 37 heavy (non-hydrogen) atoms. The van der Waals surface area contributed by atoms with Gasteiger partial charge in [0.2, 0.25) is 5.56 Å². The number of aromatic amines is 1. The fourth-order valence-electron chi connectivity index (χ4n) is 5.05. The number of H-pyrrole nitrogens is 1. The van der Waals surface area contributed by atoms with Gasteiger partial charge in [-0.05, 0) is 88.2 Å². The van der Waals surface area contributed by atoms with Crippen LogP contribution in [0.1, 0.15) is 75.9 Å². The van der Waals surface area contributed by atoms with E-state index in [4.69, 9.17) is 4.98 Å². The summed E-state index contributed by atoms with van der Waals surface area (Å²) in [6.45, 7) is 13.8. The Bertz CT molecular complexity index is 1200. The van der Waals surface area contributed by atoms with Crippen molar-refractivity contribution in [2.75, 3.05) is 32.7 Å². The lowest BCUT2D eigenvalue weighted by atomic mass is 10.1. The number of aromatic nitrogens is 3. The lowest BCUT2D eigenvalue weighted by Crippen LogP contribution is -2.34. The molecule has 0 saturated carbocycles. The molecule has 1 fully saturated rings. The summed E-state index contributed by atoms with van der Waals surface area (Å²) >= 11 is 0. The van der Waals surface area contributed by atoms with Crippen molar-refractivity contribution in [1.82, 2.24) is 24.2 Å². The molecule has 4 heterocycles. The van der Waals surface area contributed by atoms with Gasteiger partial charge in [-0.25, -0.2) is 4.98 Å². The molecular weight excluding hydrogens is 462 g/mol. The number of nitrogens with one attached hydrogen (secondary N) is 1. The average molecular weight is 506 g/mol. The van der Waals surface area contributed by atoms with E-state index in [1.807, 2.05) is 29.3 Å². The van der Waals surface area contributed by atoms with Crippen LogP contribution in [0.3, 0.4) is 0 Å². The van der Waals surface area contributed by atoms with Gasteiger partial charge in [0.15, 0.2) is 0 Å². The first-order chi connectivity index (χ1) is 17.8. The minimum absolute atomic E-state index is 0.0884. The summed E-state index contributed by atoms with van der Waals surface area (Å²) in [5.74, 6) is 1.19. The number of pyridine rings is 2. The Kier molecular flexibility index (Phi) is 9.19. The van der Waals surface area contributed by atoms with Crippen molar-refractivity contribution in [2.24, 2.45) is 11.8 Å². The van der Waals surface area contributed by atoms with Gasteiger partial charge in [0.05, 0.1) is 17.0 Å². The highest BCUT2D eigenvalue weighted by Gasteiger charge is 2.20. The quantitative estimate of drug-likeness (QED) is 0.365. The van der Waals surface area contributed by atoms with Gasteiger partial charge >= 0.3 is 0 Å². The van der Waals surface area contributed by atoms with Crippen molar-refractivity contribution >= 4 is 11.6 Å². The highest BCUT2D eigenvalue weighted by Crippen LogP contribution is 2.26. The van der Waals surface area contributed by atoms with Crippen molar-refractivity contribution in [3.05, 3.63) is 58.3 Å². The maximum atomic E-state index is 13.7. The second kappa shape index (κ2) is 12.5. The molecule has 0 spiro atoms. The minimum atomic E-state index is -0.126. The molecule has 7 heteroatoms. The molecule has 1 N–H and O–H groups in total. The number of aryl methyl sites for hydroxylation is 1. The number of nitrogens with zero attached hydrogens (tertiary/aromatic N) is 4. The third kappa shape index (κ3) is 7.10. The number of imidazole rings is 1. The zero-order chi connectivity index (χ0) is 26.4. The summed E-state index contributed by atoms with van der Waals surface area (Å²) in [7, 11) is 0. The Hall–Kier alpha value is -2.93. The number of likely N-dealkylation sites (tertiary alicyclic amines) is 1. The molecule has 4 rings (SSSR count). The topological polar surface area (TPSA) is 73.7 Å². The van der Waals surface area contributed by atoms with Crippen LogP contribution >= 0.6 is 0 Å². The van der Waals surface area contributed by atoms with Crippen LogP contribution < -0.4 is 5.56 Å². The van der Waals surface area contributed by atoms with Crippen LogP contribution in [0, 0.1) is 11.8 Å². The molecule has 0 radical (unpaired) electrons. The van der Waals surface area contributed by atoms with Crippen molar-refractivity contribution in [3.8, 4) is 11.3 Å². The van der Waals surface area contributed by atoms with Gasteiger partial charge < -0.3 is 19.2 Å². The second-order valence-electron chi connectivity index (χ2n) is 11.3. The van der Waals surface area contributed by atoms with Crippen molar-refractivity contribution < 1.29 is 4.79 Å². The Morgan fingerprint density at radius 2 is 1.73 bits per heavy atom. The van der Waals surface area contributed by atoms with Crippen LogP contribution in [0.2, 0.25) is 0 Å². The number of carbonyl (C=O) groups is 1. The van der Waals surface area contributed by atoms with E-state index in [9.17, 15) is 9.59 Å². The summed E-state index contributed by atoms with van der Waals surface area (Å²) < 4.78 is 2.10. The Morgan fingerprint density at radius 1 is 1.03 bits per heavy atom. The number of hydrogen-bond acceptors (Lipinski definition) is 4. The maximum Gasteiger partial charge on any atom is 0.255 e. The number of hydrogen-bond donors (Lipinski definition) is 1. The smallest absolute Gasteiger partial charge is 0.255 e. The standard InChI is InChI=1S/C30H43N5O2/c1-22(2)13-18-34(19-14-23(3)4)30(37)25-9-11-27-32-29(24-10-12-28(36)31-20-24)26(35(27)21-25)8-7-17-33-15-5-6-16-33/h9-12,20-23H,5-8,13-19H2,1-4H3,(H,31,36). The predicted octanol–water partition coefficient (Wildman–Crippen LogP) is 5.25. The normalized spacial score (nSPS) is 14.3. The maximum absolute atomic E-state index is 13.7. The minimum Gasteiger partial charge on any atom is -0.339 e. The lowest BCUT2D eigenvalue weighted by Gasteiger charge is -2.24. The molecule has 0 aliphatic carbocycles. The summed E-state index contributed by atoms with van der Waals surface area (Å²) in [5.41, 5.74) is 4.25. The van der Waals surface area contributed by atoms with Crippen LogP contribution in [-0.2, 0) is 6.42 Å². The van der Waals surface area contributed by atoms with E-state index in [1.165, 1.54) is 25.9 Å². The van der Waals surface area contributed by atoms with Gasteiger partial charge in [-0.3, -0.25) is 9.59 Å². The van der Waals surface area contributed by atoms with Gasteiger partial charge in [0, 0.05) is 37.1 Å². The third-order valence-electron chi connectivity index (χ3n) is 7.35. The summed E-state index contributed by atoms with van der Waals surface area (Å²) in [6, 6.07) is 7.24. The fourth-order valence-corrected chi connectivity index (χ4v) is 5.05. The van der Waals surface area contributed by atoms with E-state index < -0.39 is 0 Å². The molecule has 0 aromatic carbocycles. The fraction of sp³-hybridized carbons (Fsp3) is 0.567. The highest BCUT2D eigenvalue weighted by molar-refractivity contribution is 5.94. The summed E-state index contributed by atoms with van der Waals surface area (Å²) in [5, 5.41) is 0. The Balaban J connectivity index is 1.65. The molecule has 3 aromatic heterocycles. The number of rotatable bonds is 12. The van der Waals surface area contributed by atoms with Crippen molar-refractivity contribution in [2.45, 2.75) is 66.2 Å². The van der Waals surface area contributed by atoms with Crippen molar-refractivity contribution in [1.29, 1.82) is 0 Å².